The minimum absolute atomic E-state index is 0.129. The average molecular weight is 591 g/mol. The summed E-state index contributed by atoms with van der Waals surface area (Å²) in [4.78, 5) is 38.8. The van der Waals surface area contributed by atoms with E-state index in [-0.39, 0.29) is 22.0 Å². The predicted octanol–water partition coefficient (Wildman–Crippen LogP) is 6.57. The van der Waals surface area contributed by atoms with Gasteiger partial charge in [0.1, 0.15) is 0 Å². The molecule has 2 heterocycles. The lowest BCUT2D eigenvalue weighted by Crippen LogP contribution is -2.30. The van der Waals surface area contributed by atoms with Crippen molar-refractivity contribution in [2.75, 3.05) is 4.90 Å². The molecule has 3 aromatic carbocycles. The first-order chi connectivity index (χ1) is 19.3. The van der Waals surface area contributed by atoms with E-state index >= 15 is 0 Å². The van der Waals surface area contributed by atoms with Gasteiger partial charge in [-0.1, -0.05) is 101 Å². The first kappa shape index (κ1) is 27.3. The Hall–Kier alpha value is -4.32. The average Bonchev–Trinajstić information content (AvgIpc) is 3.53. The smallest absolute Gasteiger partial charge is 0.296 e. The van der Waals surface area contributed by atoms with Gasteiger partial charge in [-0.25, -0.2) is 0 Å². The van der Waals surface area contributed by atoms with Crippen molar-refractivity contribution in [1.82, 2.24) is 10.2 Å². The zero-order valence-electron chi connectivity index (χ0n) is 20.5. The topological polar surface area (TPSA) is 127 Å². The first-order valence-electron chi connectivity index (χ1n) is 11.8. The molecular weight excluding hydrogens is 572 g/mol. The van der Waals surface area contributed by atoms with Crippen molar-refractivity contribution >= 4 is 63.3 Å². The number of nitro benzene ring substituents is 1. The number of non-ortho nitro benzene ring substituents is 1. The first-order valence-corrected chi connectivity index (χ1v) is 14.0. The number of benzene rings is 3. The van der Waals surface area contributed by atoms with Crippen LogP contribution >= 0.6 is 34.7 Å². The number of aliphatic hydroxyl groups is 1. The molecule has 0 spiro atoms. The molecule has 1 aliphatic rings. The fraction of sp³-hybridized carbons (Fsp3) is 0.0714. The van der Waals surface area contributed by atoms with E-state index in [4.69, 9.17) is 11.6 Å². The number of aliphatic hydroxyl groups excluding tert-OH is 1. The minimum atomic E-state index is -1.16. The van der Waals surface area contributed by atoms with Crippen LogP contribution in [0, 0.1) is 10.1 Å². The Balaban J connectivity index is 1.50. The van der Waals surface area contributed by atoms with E-state index in [1.165, 1.54) is 36.0 Å². The van der Waals surface area contributed by atoms with Crippen LogP contribution in [0.15, 0.2) is 101 Å². The van der Waals surface area contributed by atoms with Gasteiger partial charge in [-0.2, -0.15) is 0 Å². The number of carbonyl (C=O) groups excluding carboxylic acids is 2. The fourth-order valence-corrected chi connectivity index (χ4v) is 6.27. The van der Waals surface area contributed by atoms with Crippen LogP contribution in [0.4, 0.5) is 10.8 Å². The van der Waals surface area contributed by atoms with Gasteiger partial charge >= 0.3 is 0 Å². The van der Waals surface area contributed by atoms with Gasteiger partial charge in [0.15, 0.2) is 15.9 Å². The van der Waals surface area contributed by atoms with Gasteiger partial charge in [-0.3, -0.25) is 24.6 Å². The third-order valence-electron chi connectivity index (χ3n) is 6.01. The molecule has 1 aliphatic heterocycles. The van der Waals surface area contributed by atoms with Crippen LogP contribution < -0.4 is 4.90 Å². The van der Waals surface area contributed by atoms with Gasteiger partial charge in [0.25, 0.3) is 11.6 Å². The van der Waals surface area contributed by atoms with Gasteiger partial charge in [0.05, 0.1) is 16.5 Å². The van der Waals surface area contributed by atoms with Crippen molar-refractivity contribution in [3.8, 4) is 0 Å². The third-order valence-corrected chi connectivity index (χ3v) is 8.48. The molecule has 1 aromatic heterocycles. The second-order valence-electron chi connectivity index (χ2n) is 8.53. The molecule has 0 fully saturated rings. The zero-order chi connectivity index (χ0) is 28.2. The largest absolute Gasteiger partial charge is 0.503 e. The van der Waals surface area contributed by atoms with Crippen molar-refractivity contribution in [2.45, 2.75) is 16.1 Å². The number of thioether (sulfide) groups is 1. The number of carbonyl (C=O) groups is 2. The fourth-order valence-electron chi connectivity index (χ4n) is 4.12. The maximum absolute atomic E-state index is 13.4. The lowest BCUT2D eigenvalue weighted by Gasteiger charge is -2.23. The number of halogens is 1. The summed E-state index contributed by atoms with van der Waals surface area (Å²) in [5.74, 6) is -1.72. The van der Waals surface area contributed by atoms with Gasteiger partial charge < -0.3 is 5.11 Å². The molecule has 40 heavy (non-hydrogen) atoms. The summed E-state index contributed by atoms with van der Waals surface area (Å²) in [6.45, 7) is 0. The van der Waals surface area contributed by atoms with E-state index in [0.29, 0.717) is 15.1 Å². The van der Waals surface area contributed by atoms with Crippen LogP contribution in [0.1, 0.15) is 22.7 Å². The highest BCUT2D eigenvalue weighted by molar-refractivity contribution is 8.00. The highest BCUT2D eigenvalue weighted by atomic mass is 35.5. The monoisotopic (exact) mass is 590 g/mol. The van der Waals surface area contributed by atoms with Crippen molar-refractivity contribution < 1.29 is 19.6 Å². The number of ketones is 1. The van der Waals surface area contributed by atoms with Crippen LogP contribution in [0.5, 0.6) is 0 Å². The summed E-state index contributed by atoms with van der Waals surface area (Å²) in [6.07, 6.45) is 2.82. The normalized spacial score (nSPS) is 15.3. The van der Waals surface area contributed by atoms with E-state index in [0.717, 1.165) is 27.4 Å². The number of nitro groups is 1. The maximum Gasteiger partial charge on any atom is 0.296 e. The summed E-state index contributed by atoms with van der Waals surface area (Å²) >= 11 is 8.71. The van der Waals surface area contributed by atoms with Crippen molar-refractivity contribution in [3.05, 3.63) is 128 Å². The number of aromatic nitrogens is 2. The number of hydrogen-bond donors (Lipinski definition) is 1. The molecule has 200 valence electrons. The number of rotatable bonds is 9. The van der Waals surface area contributed by atoms with Crippen molar-refractivity contribution in [1.29, 1.82) is 0 Å². The molecule has 1 atom stereocenters. The summed E-state index contributed by atoms with van der Waals surface area (Å²) < 4.78 is 0.531. The SMILES string of the molecule is O=C(C=Cc1ccccc1)C1=C(O)C(=O)N(c2nnc(SCc3ccccc3Cl)s2)C1c1cccc([N+](=O)[O-])c1. The minimum Gasteiger partial charge on any atom is -0.503 e. The second kappa shape index (κ2) is 11.8. The van der Waals surface area contributed by atoms with Crippen LogP contribution in [-0.4, -0.2) is 31.9 Å². The Morgan fingerprint density at radius 1 is 1.10 bits per heavy atom. The molecule has 9 nitrogen and oxygen atoms in total. The standard InChI is InChI=1S/C28H19ClN4O5S2/c29-21-12-5-4-9-19(21)16-39-28-31-30-27(40-28)32-24(18-10-6-11-20(15-18)33(37)38)23(25(35)26(32)36)22(34)14-13-17-7-2-1-3-8-17/h1-15,24,35H,16H2. The van der Waals surface area contributed by atoms with Gasteiger partial charge in [0.2, 0.25) is 5.13 Å². The van der Waals surface area contributed by atoms with E-state index in [1.807, 2.05) is 36.4 Å². The molecule has 4 aromatic rings. The van der Waals surface area contributed by atoms with Crippen molar-refractivity contribution in [3.63, 3.8) is 0 Å². The molecular formula is C28H19ClN4O5S2. The number of amides is 1. The Morgan fingerprint density at radius 3 is 2.60 bits per heavy atom. The van der Waals surface area contributed by atoms with Gasteiger partial charge in [0, 0.05) is 22.9 Å². The van der Waals surface area contributed by atoms with Crippen LogP contribution in [0.3, 0.4) is 0 Å². The maximum atomic E-state index is 13.4. The Bertz CT molecular complexity index is 1670. The summed E-state index contributed by atoms with van der Waals surface area (Å²) in [5, 5.41) is 31.5. The van der Waals surface area contributed by atoms with Crippen molar-refractivity contribution in [2.24, 2.45) is 0 Å². The Kier molecular flexibility index (Phi) is 8.06. The quantitative estimate of drug-likeness (QED) is 0.0762. The van der Waals surface area contributed by atoms with Gasteiger partial charge in [-0.05, 0) is 28.8 Å². The summed E-state index contributed by atoms with van der Waals surface area (Å²) in [5.41, 5.74) is 1.47. The molecule has 0 radical (unpaired) electrons. The van der Waals surface area contributed by atoms with Gasteiger partial charge in [-0.15, -0.1) is 10.2 Å². The molecule has 0 bridgehead atoms. The number of hydrogen-bond acceptors (Lipinski definition) is 9. The van der Waals surface area contributed by atoms with Crippen LogP contribution in [0.25, 0.3) is 6.08 Å². The second-order valence-corrected chi connectivity index (χ2v) is 11.1. The van der Waals surface area contributed by atoms with Crippen LogP contribution in [-0.2, 0) is 15.3 Å². The molecule has 5 rings (SSSR count). The highest BCUT2D eigenvalue weighted by Crippen LogP contribution is 2.44. The van der Waals surface area contributed by atoms with E-state index in [9.17, 15) is 24.8 Å². The highest BCUT2D eigenvalue weighted by Gasteiger charge is 2.45. The number of anilines is 1. The molecule has 0 aliphatic carbocycles. The number of allylic oxidation sites excluding steroid dienone is 1. The predicted molar refractivity (Wildman–Crippen MR) is 154 cm³/mol. The zero-order valence-corrected chi connectivity index (χ0v) is 22.9. The molecule has 12 heteroatoms. The summed E-state index contributed by atoms with van der Waals surface area (Å²) in [7, 11) is 0. The number of nitrogens with zero attached hydrogens (tertiary/aromatic N) is 4. The van der Waals surface area contributed by atoms with E-state index in [2.05, 4.69) is 10.2 Å². The molecule has 0 saturated heterocycles. The van der Waals surface area contributed by atoms with E-state index < -0.39 is 28.4 Å². The lowest BCUT2D eigenvalue weighted by atomic mass is 9.95. The lowest BCUT2D eigenvalue weighted by molar-refractivity contribution is -0.384. The Morgan fingerprint density at radius 2 is 1.85 bits per heavy atom. The molecule has 1 unspecified atom stereocenters. The molecule has 1 N–H and O–H groups in total. The van der Waals surface area contributed by atoms with E-state index in [1.54, 1.807) is 30.3 Å². The summed E-state index contributed by atoms with van der Waals surface area (Å²) in [6, 6.07) is 20.9. The van der Waals surface area contributed by atoms with Crippen LogP contribution in [0.2, 0.25) is 5.02 Å². The third kappa shape index (κ3) is 5.67. The Labute approximate surface area is 241 Å². The molecule has 0 saturated carbocycles. The molecule has 1 amide bonds.